The van der Waals surface area contributed by atoms with E-state index in [0.717, 1.165) is 31.5 Å². The predicted molar refractivity (Wildman–Crippen MR) is 53.9 cm³/mol. The average Bonchev–Trinajstić information content (AvgIpc) is 2.71. The lowest BCUT2D eigenvalue weighted by atomic mass is 9.89. The molecule has 1 unspecified atom stereocenters. The van der Waals surface area contributed by atoms with Crippen LogP contribution in [0.5, 0.6) is 0 Å². The SMILES string of the molecule is CN1CCC(C(O)c2ccoc2)CC1. The highest BCUT2D eigenvalue weighted by Gasteiger charge is 2.25. The maximum absolute atomic E-state index is 10.0. The molecule has 0 saturated carbocycles. The van der Waals surface area contributed by atoms with Gasteiger partial charge >= 0.3 is 0 Å². The molecule has 1 aliphatic heterocycles. The zero-order valence-corrected chi connectivity index (χ0v) is 8.52. The van der Waals surface area contributed by atoms with Crippen molar-refractivity contribution in [1.29, 1.82) is 0 Å². The smallest absolute Gasteiger partial charge is 0.0960 e. The second-order valence-corrected chi connectivity index (χ2v) is 4.14. The summed E-state index contributed by atoms with van der Waals surface area (Å²) in [7, 11) is 2.13. The Balaban J connectivity index is 1.95. The fourth-order valence-corrected chi connectivity index (χ4v) is 2.06. The molecule has 1 fully saturated rings. The second-order valence-electron chi connectivity index (χ2n) is 4.14. The van der Waals surface area contributed by atoms with Gasteiger partial charge in [-0.1, -0.05) is 0 Å². The molecule has 78 valence electrons. The largest absolute Gasteiger partial charge is 0.472 e. The van der Waals surface area contributed by atoms with Gasteiger partial charge in [0.1, 0.15) is 0 Å². The van der Waals surface area contributed by atoms with Crippen LogP contribution in [0.1, 0.15) is 24.5 Å². The average molecular weight is 195 g/mol. The topological polar surface area (TPSA) is 36.6 Å². The number of rotatable bonds is 2. The lowest BCUT2D eigenvalue weighted by molar-refractivity contribution is 0.0653. The zero-order chi connectivity index (χ0) is 9.97. The number of aliphatic hydroxyl groups is 1. The third kappa shape index (κ3) is 1.99. The molecule has 3 heteroatoms. The van der Waals surface area contributed by atoms with E-state index in [-0.39, 0.29) is 6.10 Å². The molecule has 0 amide bonds. The van der Waals surface area contributed by atoms with Gasteiger partial charge in [0.25, 0.3) is 0 Å². The van der Waals surface area contributed by atoms with Gasteiger partial charge in [0, 0.05) is 5.56 Å². The predicted octanol–water partition coefficient (Wildman–Crippen LogP) is 1.65. The highest BCUT2D eigenvalue weighted by molar-refractivity contribution is 5.10. The Morgan fingerprint density at radius 3 is 2.79 bits per heavy atom. The Hall–Kier alpha value is -0.800. The monoisotopic (exact) mass is 195 g/mol. The molecule has 0 aliphatic carbocycles. The molecule has 3 nitrogen and oxygen atoms in total. The number of hydrogen-bond acceptors (Lipinski definition) is 3. The molecule has 2 heterocycles. The molecular formula is C11H17NO2. The van der Waals surface area contributed by atoms with Crippen LogP contribution in [0.15, 0.2) is 23.0 Å². The molecule has 1 aliphatic rings. The first-order valence-electron chi connectivity index (χ1n) is 5.16. The minimum Gasteiger partial charge on any atom is -0.472 e. The van der Waals surface area contributed by atoms with Crippen molar-refractivity contribution in [2.24, 2.45) is 5.92 Å². The van der Waals surface area contributed by atoms with E-state index in [1.165, 1.54) is 0 Å². The maximum Gasteiger partial charge on any atom is 0.0960 e. The van der Waals surface area contributed by atoms with Crippen molar-refractivity contribution >= 4 is 0 Å². The summed E-state index contributed by atoms with van der Waals surface area (Å²) in [5.41, 5.74) is 0.916. The number of aliphatic hydroxyl groups excluding tert-OH is 1. The Labute approximate surface area is 84.3 Å². The van der Waals surface area contributed by atoms with Crippen molar-refractivity contribution in [2.45, 2.75) is 18.9 Å². The molecule has 1 saturated heterocycles. The van der Waals surface area contributed by atoms with Gasteiger partial charge < -0.3 is 14.4 Å². The Bertz CT molecular complexity index is 263. The normalized spacial score (nSPS) is 22.4. The third-order valence-electron chi connectivity index (χ3n) is 3.09. The minimum atomic E-state index is -0.345. The summed E-state index contributed by atoms with van der Waals surface area (Å²) in [6.45, 7) is 2.17. The number of likely N-dealkylation sites (tertiary alicyclic amines) is 1. The van der Waals surface area contributed by atoms with Crippen molar-refractivity contribution in [2.75, 3.05) is 20.1 Å². The third-order valence-corrected chi connectivity index (χ3v) is 3.09. The van der Waals surface area contributed by atoms with E-state index >= 15 is 0 Å². The van der Waals surface area contributed by atoms with Gasteiger partial charge in [-0.3, -0.25) is 0 Å². The fraction of sp³-hybridized carbons (Fsp3) is 0.636. The van der Waals surface area contributed by atoms with Crippen molar-refractivity contribution in [3.63, 3.8) is 0 Å². The first-order chi connectivity index (χ1) is 6.77. The molecule has 0 radical (unpaired) electrons. The van der Waals surface area contributed by atoms with Crippen LogP contribution in [0.3, 0.4) is 0 Å². The van der Waals surface area contributed by atoms with E-state index in [1.54, 1.807) is 12.5 Å². The van der Waals surface area contributed by atoms with Gasteiger partial charge in [0.15, 0.2) is 0 Å². The Morgan fingerprint density at radius 2 is 2.21 bits per heavy atom. The molecule has 0 aromatic carbocycles. The van der Waals surface area contributed by atoms with Crippen LogP contribution in [-0.4, -0.2) is 30.1 Å². The summed E-state index contributed by atoms with van der Waals surface area (Å²) < 4.78 is 4.98. The van der Waals surface area contributed by atoms with Crippen LogP contribution in [-0.2, 0) is 0 Å². The molecule has 1 atom stereocenters. The van der Waals surface area contributed by atoms with E-state index in [1.807, 2.05) is 6.07 Å². The summed E-state index contributed by atoms with van der Waals surface area (Å²) in [4.78, 5) is 2.30. The molecule has 14 heavy (non-hydrogen) atoms. The summed E-state index contributed by atoms with van der Waals surface area (Å²) in [6.07, 6.45) is 5.06. The lowest BCUT2D eigenvalue weighted by Gasteiger charge is -2.31. The van der Waals surface area contributed by atoms with Gasteiger partial charge in [-0.15, -0.1) is 0 Å². The fourth-order valence-electron chi connectivity index (χ4n) is 2.06. The van der Waals surface area contributed by atoms with Crippen LogP contribution in [0.2, 0.25) is 0 Å². The Morgan fingerprint density at radius 1 is 1.50 bits per heavy atom. The molecule has 2 rings (SSSR count). The highest BCUT2D eigenvalue weighted by Crippen LogP contribution is 2.30. The quantitative estimate of drug-likeness (QED) is 0.779. The second kappa shape index (κ2) is 4.15. The standard InChI is InChI=1S/C11H17NO2/c1-12-5-2-9(3-6-12)11(13)10-4-7-14-8-10/h4,7-9,11,13H,2-3,5-6H2,1H3. The van der Waals surface area contributed by atoms with Gasteiger partial charge in [-0.05, 0) is 45.0 Å². The lowest BCUT2D eigenvalue weighted by Crippen LogP contribution is -2.32. The number of hydrogen-bond donors (Lipinski definition) is 1. The molecule has 0 spiro atoms. The molecule has 1 aromatic heterocycles. The van der Waals surface area contributed by atoms with Crippen molar-refractivity contribution in [1.82, 2.24) is 4.90 Å². The molecule has 1 N–H and O–H groups in total. The van der Waals surface area contributed by atoms with Crippen molar-refractivity contribution in [3.05, 3.63) is 24.2 Å². The van der Waals surface area contributed by atoms with E-state index in [0.29, 0.717) is 5.92 Å². The minimum absolute atomic E-state index is 0.345. The van der Waals surface area contributed by atoms with Crippen LogP contribution in [0, 0.1) is 5.92 Å². The van der Waals surface area contributed by atoms with Crippen LogP contribution in [0.4, 0.5) is 0 Å². The molecule has 0 bridgehead atoms. The van der Waals surface area contributed by atoms with E-state index in [4.69, 9.17) is 4.42 Å². The van der Waals surface area contributed by atoms with E-state index < -0.39 is 0 Å². The number of piperidine rings is 1. The summed E-state index contributed by atoms with van der Waals surface area (Å²) in [6, 6.07) is 1.85. The summed E-state index contributed by atoms with van der Waals surface area (Å²) >= 11 is 0. The van der Waals surface area contributed by atoms with E-state index in [9.17, 15) is 5.11 Å². The van der Waals surface area contributed by atoms with Crippen molar-refractivity contribution < 1.29 is 9.52 Å². The number of furan rings is 1. The van der Waals surface area contributed by atoms with Gasteiger partial charge in [-0.2, -0.15) is 0 Å². The van der Waals surface area contributed by atoms with Crippen molar-refractivity contribution in [3.8, 4) is 0 Å². The van der Waals surface area contributed by atoms with Gasteiger partial charge in [0.2, 0.25) is 0 Å². The van der Waals surface area contributed by atoms with Crippen LogP contribution >= 0.6 is 0 Å². The first-order valence-corrected chi connectivity index (χ1v) is 5.16. The maximum atomic E-state index is 10.0. The summed E-state index contributed by atoms with van der Waals surface area (Å²) in [5.74, 6) is 0.392. The first kappa shape index (κ1) is 9.74. The zero-order valence-electron chi connectivity index (χ0n) is 8.52. The van der Waals surface area contributed by atoms with E-state index in [2.05, 4.69) is 11.9 Å². The molecular weight excluding hydrogens is 178 g/mol. The van der Waals surface area contributed by atoms with Crippen LogP contribution < -0.4 is 0 Å². The summed E-state index contributed by atoms with van der Waals surface area (Å²) in [5, 5.41) is 10.0. The molecule has 1 aromatic rings. The Kier molecular flexibility index (Phi) is 2.89. The van der Waals surface area contributed by atoms with Gasteiger partial charge in [-0.25, -0.2) is 0 Å². The number of nitrogens with zero attached hydrogens (tertiary/aromatic N) is 1. The van der Waals surface area contributed by atoms with Gasteiger partial charge in [0.05, 0.1) is 18.6 Å². The highest BCUT2D eigenvalue weighted by atomic mass is 16.3. The van der Waals surface area contributed by atoms with Crippen LogP contribution in [0.25, 0.3) is 0 Å².